The average molecular weight is 314 g/mol. The number of likely N-dealkylation sites (N-methyl/N-ethyl adjacent to an activating group) is 1. The summed E-state index contributed by atoms with van der Waals surface area (Å²) in [6.45, 7) is 7.64. The van der Waals surface area contributed by atoms with Crippen LogP contribution in [0.3, 0.4) is 0 Å². The molecule has 0 unspecified atom stereocenters. The summed E-state index contributed by atoms with van der Waals surface area (Å²) >= 11 is 0. The summed E-state index contributed by atoms with van der Waals surface area (Å²) in [5, 5.41) is 7.64. The summed E-state index contributed by atoms with van der Waals surface area (Å²) in [5.41, 5.74) is 2.20. The van der Waals surface area contributed by atoms with E-state index in [1.54, 1.807) is 4.68 Å². The Labute approximate surface area is 138 Å². The van der Waals surface area contributed by atoms with Crippen molar-refractivity contribution in [3.05, 3.63) is 47.8 Å². The van der Waals surface area contributed by atoms with Gasteiger partial charge in [-0.05, 0) is 26.2 Å². The molecule has 0 saturated heterocycles. The Kier molecular flexibility index (Phi) is 5.21. The third kappa shape index (κ3) is 4.42. The number of hydrogen-bond donors (Lipinski definition) is 1. The maximum Gasteiger partial charge on any atom is 0.254 e. The van der Waals surface area contributed by atoms with Gasteiger partial charge in [-0.3, -0.25) is 4.79 Å². The highest BCUT2D eigenvalue weighted by Crippen LogP contribution is 2.25. The fraction of sp³-hybridized carbons (Fsp3) is 0.444. The zero-order valence-electron chi connectivity index (χ0n) is 14.6. The van der Waals surface area contributed by atoms with Crippen LogP contribution in [0.2, 0.25) is 0 Å². The number of rotatable bonds is 5. The molecule has 0 fully saturated rings. The molecule has 0 aliphatic heterocycles. The topological polar surface area (TPSA) is 50.2 Å². The lowest BCUT2D eigenvalue weighted by molar-refractivity contribution is 0.0949. The lowest BCUT2D eigenvalue weighted by Gasteiger charge is -2.17. The van der Waals surface area contributed by atoms with E-state index in [1.807, 2.05) is 55.5 Å². The van der Waals surface area contributed by atoms with Gasteiger partial charge in [0.1, 0.15) is 0 Å². The van der Waals surface area contributed by atoms with Gasteiger partial charge in [0.25, 0.3) is 5.91 Å². The lowest BCUT2D eigenvalue weighted by Crippen LogP contribution is -2.32. The maximum absolute atomic E-state index is 12.6. The molecule has 1 amide bonds. The lowest BCUT2D eigenvalue weighted by atomic mass is 9.89. The SMILES string of the molecule is CN(C)CCNC(=O)c1cn(-c2ccccc2)nc1C(C)(C)C. The summed E-state index contributed by atoms with van der Waals surface area (Å²) in [5.74, 6) is -0.0704. The Balaban J connectivity index is 2.30. The van der Waals surface area contributed by atoms with Crippen molar-refractivity contribution >= 4 is 5.91 Å². The van der Waals surface area contributed by atoms with Gasteiger partial charge in [0.05, 0.1) is 16.9 Å². The molecule has 5 nitrogen and oxygen atoms in total. The molecule has 1 heterocycles. The zero-order chi connectivity index (χ0) is 17.0. The number of benzene rings is 1. The predicted octanol–water partition coefficient (Wildman–Crippen LogP) is 2.46. The van der Waals surface area contributed by atoms with Gasteiger partial charge in [0, 0.05) is 24.7 Å². The number of hydrogen-bond acceptors (Lipinski definition) is 3. The van der Waals surface area contributed by atoms with Gasteiger partial charge in [-0.25, -0.2) is 4.68 Å². The number of nitrogens with zero attached hydrogens (tertiary/aromatic N) is 3. The number of nitrogens with one attached hydrogen (secondary N) is 1. The summed E-state index contributed by atoms with van der Waals surface area (Å²) < 4.78 is 1.78. The maximum atomic E-state index is 12.6. The molecule has 124 valence electrons. The monoisotopic (exact) mass is 314 g/mol. The predicted molar refractivity (Wildman–Crippen MR) is 93.2 cm³/mol. The van der Waals surface area contributed by atoms with Crippen LogP contribution in [0.15, 0.2) is 36.5 Å². The quantitative estimate of drug-likeness (QED) is 0.922. The van der Waals surface area contributed by atoms with Gasteiger partial charge in [-0.2, -0.15) is 5.10 Å². The van der Waals surface area contributed by atoms with Crippen molar-refractivity contribution in [3.8, 4) is 5.69 Å². The smallest absolute Gasteiger partial charge is 0.254 e. The fourth-order valence-corrected chi connectivity index (χ4v) is 2.30. The van der Waals surface area contributed by atoms with Crippen LogP contribution < -0.4 is 5.32 Å². The van der Waals surface area contributed by atoms with Gasteiger partial charge >= 0.3 is 0 Å². The van der Waals surface area contributed by atoms with E-state index < -0.39 is 0 Å². The number of carbonyl (C=O) groups excluding carboxylic acids is 1. The minimum atomic E-state index is -0.200. The van der Waals surface area contributed by atoms with Crippen molar-refractivity contribution in [2.75, 3.05) is 27.2 Å². The second-order valence-corrected chi connectivity index (χ2v) is 6.98. The highest BCUT2D eigenvalue weighted by Gasteiger charge is 2.26. The van der Waals surface area contributed by atoms with Crippen LogP contribution in [0.4, 0.5) is 0 Å². The molecule has 0 aliphatic carbocycles. The highest BCUT2D eigenvalue weighted by molar-refractivity contribution is 5.95. The van der Waals surface area contributed by atoms with E-state index in [2.05, 4.69) is 31.2 Å². The second-order valence-electron chi connectivity index (χ2n) is 6.98. The van der Waals surface area contributed by atoms with Crippen molar-refractivity contribution in [2.45, 2.75) is 26.2 Å². The van der Waals surface area contributed by atoms with Crippen LogP contribution in [-0.2, 0) is 5.41 Å². The molecule has 0 saturated carbocycles. The molecular weight excluding hydrogens is 288 g/mol. The first kappa shape index (κ1) is 17.2. The minimum Gasteiger partial charge on any atom is -0.351 e. The minimum absolute atomic E-state index is 0.0704. The number of aromatic nitrogens is 2. The molecule has 2 rings (SSSR count). The standard InChI is InChI=1S/C18H26N4O/c1-18(2,3)16-15(17(23)19-11-12-21(4)5)13-22(20-16)14-9-7-6-8-10-14/h6-10,13H,11-12H2,1-5H3,(H,19,23). The third-order valence-electron chi connectivity index (χ3n) is 3.53. The summed E-state index contributed by atoms with van der Waals surface area (Å²) in [6.07, 6.45) is 1.82. The highest BCUT2D eigenvalue weighted by atomic mass is 16.1. The molecule has 0 bridgehead atoms. The van der Waals surface area contributed by atoms with Crippen molar-refractivity contribution in [1.29, 1.82) is 0 Å². The molecule has 0 spiro atoms. The molecule has 1 aromatic carbocycles. The van der Waals surface area contributed by atoms with Gasteiger partial charge in [-0.1, -0.05) is 39.0 Å². The van der Waals surface area contributed by atoms with Crippen LogP contribution in [-0.4, -0.2) is 47.8 Å². The van der Waals surface area contributed by atoms with E-state index >= 15 is 0 Å². The van der Waals surface area contributed by atoms with Gasteiger partial charge in [-0.15, -0.1) is 0 Å². The Bertz CT molecular complexity index is 653. The van der Waals surface area contributed by atoms with Crippen molar-refractivity contribution in [2.24, 2.45) is 0 Å². The molecule has 0 atom stereocenters. The normalized spacial score (nSPS) is 11.7. The first-order chi connectivity index (χ1) is 10.8. The summed E-state index contributed by atoms with van der Waals surface area (Å²) in [4.78, 5) is 14.6. The zero-order valence-corrected chi connectivity index (χ0v) is 14.6. The molecule has 0 aliphatic rings. The summed E-state index contributed by atoms with van der Waals surface area (Å²) in [7, 11) is 3.97. The van der Waals surface area contributed by atoms with E-state index in [4.69, 9.17) is 0 Å². The Morgan fingerprint density at radius 3 is 2.43 bits per heavy atom. The van der Waals surface area contributed by atoms with Crippen molar-refractivity contribution < 1.29 is 4.79 Å². The van der Waals surface area contributed by atoms with Crippen LogP contribution in [0.25, 0.3) is 5.69 Å². The van der Waals surface area contributed by atoms with Gasteiger partial charge < -0.3 is 10.2 Å². The van der Waals surface area contributed by atoms with E-state index in [-0.39, 0.29) is 11.3 Å². The molecule has 5 heteroatoms. The molecule has 2 aromatic rings. The second kappa shape index (κ2) is 6.96. The van der Waals surface area contributed by atoms with Crippen LogP contribution in [0.5, 0.6) is 0 Å². The molecular formula is C18H26N4O. The fourth-order valence-electron chi connectivity index (χ4n) is 2.30. The van der Waals surface area contributed by atoms with Crippen LogP contribution in [0.1, 0.15) is 36.8 Å². The molecule has 0 radical (unpaired) electrons. The van der Waals surface area contributed by atoms with E-state index in [0.717, 1.165) is 17.9 Å². The first-order valence-corrected chi connectivity index (χ1v) is 7.87. The average Bonchev–Trinajstić information content (AvgIpc) is 2.93. The Morgan fingerprint density at radius 1 is 1.22 bits per heavy atom. The molecule has 1 aromatic heterocycles. The summed E-state index contributed by atoms with van der Waals surface area (Å²) in [6, 6.07) is 9.85. The first-order valence-electron chi connectivity index (χ1n) is 7.87. The number of amides is 1. The Hall–Kier alpha value is -2.14. The van der Waals surface area contributed by atoms with E-state index in [0.29, 0.717) is 12.1 Å². The third-order valence-corrected chi connectivity index (χ3v) is 3.53. The van der Waals surface area contributed by atoms with Crippen LogP contribution >= 0.6 is 0 Å². The van der Waals surface area contributed by atoms with E-state index in [9.17, 15) is 4.79 Å². The van der Waals surface area contributed by atoms with Crippen molar-refractivity contribution in [1.82, 2.24) is 20.0 Å². The molecule has 23 heavy (non-hydrogen) atoms. The van der Waals surface area contributed by atoms with Crippen molar-refractivity contribution in [3.63, 3.8) is 0 Å². The van der Waals surface area contributed by atoms with Crippen LogP contribution in [0, 0.1) is 0 Å². The Morgan fingerprint density at radius 2 is 1.87 bits per heavy atom. The van der Waals surface area contributed by atoms with Gasteiger partial charge in [0.2, 0.25) is 0 Å². The van der Waals surface area contributed by atoms with Gasteiger partial charge in [0.15, 0.2) is 0 Å². The largest absolute Gasteiger partial charge is 0.351 e. The molecule has 1 N–H and O–H groups in total. The number of para-hydroxylation sites is 1. The van der Waals surface area contributed by atoms with E-state index in [1.165, 1.54) is 0 Å². The number of carbonyl (C=O) groups is 1.